The monoisotopic (exact) mass is 394 g/mol. The molecule has 1 saturated carbocycles. The first-order valence-corrected chi connectivity index (χ1v) is 10.2. The molecule has 2 heterocycles. The summed E-state index contributed by atoms with van der Waals surface area (Å²) in [5.41, 5.74) is 3.21. The molecule has 1 aromatic carbocycles. The number of fused-ring (bicyclic) bond motifs is 1. The van der Waals surface area contributed by atoms with Crippen molar-refractivity contribution >= 4 is 17.5 Å². The van der Waals surface area contributed by atoms with Crippen LogP contribution in [-0.2, 0) is 13.0 Å². The fraction of sp³-hybridized carbons (Fsp3) is 0.409. The van der Waals surface area contributed by atoms with E-state index >= 15 is 0 Å². The fourth-order valence-electron chi connectivity index (χ4n) is 3.82. The van der Waals surface area contributed by atoms with Crippen LogP contribution in [0.3, 0.4) is 0 Å². The van der Waals surface area contributed by atoms with E-state index < -0.39 is 11.5 Å². The van der Waals surface area contributed by atoms with Crippen LogP contribution < -0.4 is 21.5 Å². The fourth-order valence-corrected chi connectivity index (χ4v) is 3.82. The molecule has 3 N–H and O–H groups in total. The second-order valence-corrected chi connectivity index (χ2v) is 7.85. The predicted octanol–water partition coefficient (Wildman–Crippen LogP) is 1.75. The van der Waals surface area contributed by atoms with E-state index in [0.717, 1.165) is 30.6 Å². The van der Waals surface area contributed by atoms with Crippen molar-refractivity contribution < 1.29 is 9.59 Å². The lowest BCUT2D eigenvalue weighted by Gasteiger charge is -2.14. The number of hydrogen-bond donors (Lipinski definition) is 3. The highest BCUT2D eigenvalue weighted by atomic mass is 16.2. The van der Waals surface area contributed by atoms with Crippen molar-refractivity contribution in [3.63, 3.8) is 0 Å². The summed E-state index contributed by atoms with van der Waals surface area (Å²) in [6.45, 7) is 5.47. The number of carbonyl (C=O) groups is 2. The van der Waals surface area contributed by atoms with Crippen molar-refractivity contribution in [3.8, 4) is 0 Å². The molecule has 7 heteroatoms. The normalized spacial score (nSPS) is 19.2. The van der Waals surface area contributed by atoms with E-state index in [2.05, 4.69) is 22.9 Å². The summed E-state index contributed by atoms with van der Waals surface area (Å²) in [5, 5.41) is 8.98. The van der Waals surface area contributed by atoms with Crippen LogP contribution in [0.4, 0.5) is 5.69 Å². The molecule has 29 heavy (non-hydrogen) atoms. The molecule has 0 unspecified atom stereocenters. The molecule has 2 atom stereocenters. The van der Waals surface area contributed by atoms with Crippen LogP contribution in [0.1, 0.15) is 52.1 Å². The highest BCUT2D eigenvalue weighted by Crippen LogP contribution is 2.29. The van der Waals surface area contributed by atoms with Crippen LogP contribution >= 0.6 is 0 Å². The van der Waals surface area contributed by atoms with E-state index in [0.29, 0.717) is 24.6 Å². The number of hydrogen-bond acceptors (Lipinski definition) is 4. The molecule has 4 rings (SSSR count). The first-order valence-electron chi connectivity index (χ1n) is 10.2. The second kappa shape index (κ2) is 7.73. The predicted molar refractivity (Wildman–Crippen MR) is 111 cm³/mol. The minimum atomic E-state index is -0.458. The largest absolute Gasteiger partial charge is 0.384 e. The van der Waals surface area contributed by atoms with Gasteiger partial charge in [-0.3, -0.25) is 14.4 Å². The summed E-state index contributed by atoms with van der Waals surface area (Å²) in [4.78, 5) is 38.2. The molecule has 1 fully saturated rings. The van der Waals surface area contributed by atoms with Crippen molar-refractivity contribution in [2.75, 3.05) is 18.4 Å². The molecular formula is C22H26N4O3. The van der Waals surface area contributed by atoms with Crippen LogP contribution in [0.2, 0.25) is 0 Å². The Hall–Kier alpha value is -3.09. The van der Waals surface area contributed by atoms with Crippen LogP contribution in [0, 0.1) is 5.92 Å². The third-order valence-corrected chi connectivity index (χ3v) is 5.66. The van der Waals surface area contributed by atoms with Gasteiger partial charge >= 0.3 is 0 Å². The first kappa shape index (κ1) is 19.2. The molecule has 1 aliphatic carbocycles. The summed E-state index contributed by atoms with van der Waals surface area (Å²) in [7, 11) is 0. The maximum Gasteiger partial charge on any atom is 0.263 e. The van der Waals surface area contributed by atoms with Gasteiger partial charge in [0.05, 0.1) is 12.1 Å². The molecule has 1 aromatic heterocycles. The van der Waals surface area contributed by atoms with Gasteiger partial charge in [-0.2, -0.15) is 0 Å². The van der Waals surface area contributed by atoms with Gasteiger partial charge in [0.15, 0.2) is 0 Å². The van der Waals surface area contributed by atoms with E-state index in [1.807, 2.05) is 18.2 Å². The van der Waals surface area contributed by atoms with E-state index in [4.69, 9.17) is 0 Å². The third kappa shape index (κ3) is 3.90. The lowest BCUT2D eigenvalue weighted by Crippen LogP contribution is -2.35. The summed E-state index contributed by atoms with van der Waals surface area (Å²) < 4.78 is 1.48. The van der Waals surface area contributed by atoms with Gasteiger partial charge in [-0.1, -0.05) is 19.1 Å². The molecule has 7 nitrogen and oxygen atoms in total. The van der Waals surface area contributed by atoms with E-state index in [1.54, 1.807) is 13.1 Å². The smallest absolute Gasteiger partial charge is 0.263 e. The van der Waals surface area contributed by atoms with Crippen molar-refractivity contribution in [1.82, 2.24) is 15.2 Å². The molecule has 0 bridgehead atoms. The zero-order chi connectivity index (χ0) is 20.5. The van der Waals surface area contributed by atoms with Crippen LogP contribution in [0.15, 0.2) is 35.3 Å². The van der Waals surface area contributed by atoms with Crippen LogP contribution in [0.25, 0.3) is 0 Å². The quantitative estimate of drug-likeness (QED) is 0.696. The van der Waals surface area contributed by atoms with Gasteiger partial charge in [-0.25, -0.2) is 0 Å². The number of anilines is 1. The Labute approximate surface area is 169 Å². The average Bonchev–Trinajstić information content (AvgIpc) is 3.17. The van der Waals surface area contributed by atoms with Crippen molar-refractivity contribution in [2.45, 2.75) is 39.3 Å². The molecule has 1 aliphatic heterocycles. The zero-order valence-corrected chi connectivity index (χ0v) is 16.7. The van der Waals surface area contributed by atoms with Crippen LogP contribution in [-0.4, -0.2) is 35.5 Å². The van der Waals surface area contributed by atoms with Gasteiger partial charge in [-0.05, 0) is 48.9 Å². The number of amides is 2. The molecule has 0 saturated heterocycles. The number of nitrogens with one attached hydrogen (secondary N) is 3. The SMILES string of the molecule is CCNC(=O)c1cc(C(=O)N[C@@H]2C[C@H]2C)cn(Cc2cccc3c2CCN3)c1=O. The first-order chi connectivity index (χ1) is 14.0. The Kier molecular flexibility index (Phi) is 5.13. The standard InChI is InChI=1S/C22H26N4O3/c1-3-23-21(28)17-10-15(20(27)25-19-9-13(19)2)12-26(22(17)29)11-14-5-4-6-18-16(14)7-8-24-18/h4-6,10,12-13,19,24H,3,7-9,11H2,1-2H3,(H,23,28)(H,25,27)/t13-,19-/m1/s1. The maximum absolute atomic E-state index is 13.0. The number of nitrogens with zero attached hydrogens (tertiary/aromatic N) is 1. The van der Waals surface area contributed by atoms with Gasteiger partial charge in [0.2, 0.25) is 0 Å². The topological polar surface area (TPSA) is 92.2 Å². The lowest BCUT2D eigenvalue weighted by atomic mass is 10.0. The minimum Gasteiger partial charge on any atom is -0.384 e. The summed E-state index contributed by atoms with van der Waals surface area (Å²) in [5.74, 6) is -0.244. The average molecular weight is 394 g/mol. The summed E-state index contributed by atoms with van der Waals surface area (Å²) >= 11 is 0. The Morgan fingerprint density at radius 1 is 1.28 bits per heavy atom. The van der Waals surface area contributed by atoms with E-state index in [9.17, 15) is 14.4 Å². The minimum absolute atomic E-state index is 0.00551. The molecule has 2 amide bonds. The zero-order valence-electron chi connectivity index (χ0n) is 16.7. The Bertz CT molecular complexity index is 1030. The highest BCUT2D eigenvalue weighted by Gasteiger charge is 2.34. The third-order valence-electron chi connectivity index (χ3n) is 5.66. The van der Waals surface area contributed by atoms with Gasteiger partial charge in [0, 0.05) is 31.0 Å². The molecule has 2 aromatic rings. The van der Waals surface area contributed by atoms with Gasteiger partial charge < -0.3 is 20.5 Å². The van der Waals surface area contributed by atoms with Crippen molar-refractivity contribution in [3.05, 3.63) is 63.1 Å². The van der Waals surface area contributed by atoms with Crippen molar-refractivity contribution in [2.24, 2.45) is 5.92 Å². The maximum atomic E-state index is 13.0. The van der Waals surface area contributed by atoms with Crippen molar-refractivity contribution in [1.29, 1.82) is 0 Å². The molecule has 0 radical (unpaired) electrons. The number of pyridine rings is 1. The molecule has 152 valence electrons. The lowest BCUT2D eigenvalue weighted by molar-refractivity contribution is 0.0948. The van der Waals surface area contributed by atoms with E-state index in [1.165, 1.54) is 16.2 Å². The van der Waals surface area contributed by atoms with E-state index in [-0.39, 0.29) is 17.5 Å². The van der Waals surface area contributed by atoms with Gasteiger partial charge in [-0.15, -0.1) is 0 Å². The van der Waals surface area contributed by atoms with Crippen LogP contribution in [0.5, 0.6) is 0 Å². The summed E-state index contributed by atoms with van der Waals surface area (Å²) in [6, 6.07) is 7.54. The Balaban J connectivity index is 1.71. The molecular weight excluding hydrogens is 368 g/mol. The molecule has 2 aliphatic rings. The Morgan fingerprint density at radius 2 is 2.07 bits per heavy atom. The summed E-state index contributed by atoms with van der Waals surface area (Å²) in [6.07, 6.45) is 3.41. The number of carbonyl (C=O) groups excluding carboxylic acids is 2. The molecule has 0 spiro atoms. The second-order valence-electron chi connectivity index (χ2n) is 7.85. The number of benzene rings is 1. The van der Waals surface area contributed by atoms with Gasteiger partial charge in [0.25, 0.3) is 17.4 Å². The highest BCUT2D eigenvalue weighted by molar-refractivity contribution is 5.99. The number of aromatic nitrogens is 1. The Morgan fingerprint density at radius 3 is 2.79 bits per heavy atom. The number of rotatable bonds is 6. The van der Waals surface area contributed by atoms with Gasteiger partial charge in [0.1, 0.15) is 5.56 Å².